The molecule has 0 bridgehead atoms. The van der Waals surface area contributed by atoms with E-state index in [-0.39, 0.29) is 6.42 Å². The first-order valence-corrected chi connectivity index (χ1v) is 3.68. The number of hydrogen-bond acceptors (Lipinski definition) is 2. The van der Waals surface area contributed by atoms with Gasteiger partial charge in [0.2, 0.25) is 5.78 Å². The molecule has 2 nitrogen and oxygen atoms in total. The van der Waals surface area contributed by atoms with Gasteiger partial charge in [0.05, 0.1) is 0 Å². The number of rotatable bonds is 2. The number of Topliss-reactive ketones (excluding diaryl/α,β-unsaturated/α-hetero) is 2. The smallest absolute Gasteiger partial charge is 0.290 e. The molecule has 0 rings (SSSR count). The number of alkyl halides is 3. The van der Waals surface area contributed by atoms with E-state index in [2.05, 4.69) is 0 Å². The Morgan fingerprint density at radius 2 is 1.46 bits per heavy atom. The molecule has 0 amide bonds. The molecule has 0 fully saturated rings. The van der Waals surface area contributed by atoms with Crippen molar-refractivity contribution in [2.24, 2.45) is 5.41 Å². The van der Waals surface area contributed by atoms with Crippen molar-refractivity contribution in [1.29, 1.82) is 0 Å². The van der Waals surface area contributed by atoms with Crippen molar-refractivity contribution in [3.05, 3.63) is 0 Å². The van der Waals surface area contributed by atoms with Gasteiger partial charge in [-0.05, 0) is 5.41 Å². The largest absolute Gasteiger partial charge is 0.458 e. The van der Waals surface area contributed by atoms with Crippen molar-refractivity contribution in [1.82, 2.24) is 0 Å². The van der Waals surface area contributed by atoms with E-state index in [9.17, 15) is 22.8 Å². The van der Waals surface area contributed by atoms with Crippen LogP contribution in [0.15, 0.2) is 0 Å². The predicted octanol–water partition coefficient (Wildman–Crippen LogP) is 2.12. The molecule has 0 spiro atoms. The summed E-state index contributed by atoms with van der Waals surface area (Å²) < 4.78 is 35.1. The van der Waals surface area contributed by atoms with Gasteiger partial charge in [-0.1, -0.05) is 20.8 Å². The number of ketones is 2. The summed E-state index contributed by atoms with van der Waals surface area (Å²) in [4.78, 5) is 21.1. The quantitative estimate of drug-likeness (QED) is 0.634. The third-order valence-electron chi connectivity index (χ3n) is 1.20. The number of carbonyl (C=O) groups is 2. The van der Waals surface area contributed by atoms with Crippen molar-refractivity contribution >= 4 is 11.6 Å². The zero-order chi connectivity index (χ0) is 10.9. The van der Waals surface area contributed by atoms with Gasteiger partial charge < -0.3 is 0 Å². The topological polar surface area (TPSA) is 34.1 Å². The van der Waals surface area contributed by atoms with Gasteiger partial charge in [-0.3, -0.25) is 9.59 Å². The minimum atomic E-state index is -5.04. The number of halogens is 3. The zero-order valence-corrected chi connectivity index (χ0v) is 7.66. The van der Waals surface area contributed by atoms with E-state index in [0.717, 1.165) is 0 Å². The van der Waals surface area contributed by atoms with Crippen molar-refractivity contribution in [2.75, 3.05) is 0 Å². The van der Waals surface area contributed by atoms with Crippen LogP contribution in [0.3, 0.4) is 0 Å². The lowest BCUT2D eigenvalue weighted by atomic mass is 9.89. The normalized spacial score (nSPS) is 12.8. The maximum atomic E-state index is 11.7. The van der Waals surface area contributed by atoms with E-state index in [1.165, 1.54) is 0 Å². The summed E-state index contributed by atoms with van der Waals surface area (Å²) in [6, 6.07) is 0. The summed E-state index contributed by atoms with van der Waals surface area (Å²) in [6.45, 7) is 4.78. The van der Waals surface area contributed by atoms with Gasteiger partial charge in [0.25, 0.3) is 0 Å². The van der Waals surface area contributed by atoms with Crippen LogP contribution in [-0.4, -0.2) is 17.7 Å². The molecule has 13 heavy (non-hydrogen) atoms. The summed E-state index contributed by atoms with van der Waals surface area (Å²) in [5, 5.41) is 0. The Hall–Kier alpha value is -0.870. The van der Waals surface area contributed by atoms with Crippen LogP contribution in [0.5, 0.6) is 0 Å². The second-order valence-corrected chi connectivity index (χ2v) is 3.99. The summed E-state index contributed by atoms with van der Waals surface area (Å²) in [5.41, 5.74) is -0.599. The fraction of sp³-hybridized carbons (Fsp3) is 0.750. The average molecular weight is 196 g/mol. The molecule has 0 heterocycles. The highest BCUT2D eigenvalue weighted by atomic mass is 19.4. The van der Waals surface area contributed by atoms with Crippen LogP contribution >= 0.6 is 0 Å². The molecule has 5 heteroatoms. The Morgan fingerprint density at radius 3 is 1.69 bits per heavy atom. The lowest BCUT2D eigenvalue weighted by Gasteiger charge is -2.16. The molecule has 0 saturated carbocycles. The Kier molecular flexibility index (Phi) is 3.24. The molecule has 76 valence electrons. The fourth-order valence-corrected chi connectivity index (χ4v) is 0.720. The highest BCUT2D eigenvalue weighted by molar-refractivity contribution is 6.39. The predicted molar refractivity (Wildman–Crippen MR) is 40.1 cm³/mol. The van der Waals surface area contributed by atoms with Gasteiger partial charge in [0.1, 0.15) is 0 Å². The van der Waals surface area contributed by atoms with Crippen LogP contribution in [0.4, 0.5) is 13.2 Å². The highest BCUT2D eigenvalue weighted by Gasteiger charge is 2.43. The average Bonchev–Trinajstić information content (AvgIpc) is 1.79. The van der Waals surface area contributed by atoms with Crippen LogP contribution in [0, 0.1) is 5.41 Å². The number of hydrogen-bond donors (Lipinski definition) is 0. The molecule has 0 aromatic rings. The molecular weight excluding hydrogens is 185 g/mol. The third-order valence-corrected chi connectivity index (χ3v) is 1.20. The van der Waals surface area contributed by atoms with E-state index in [1.807, 2.05) is 0 Å². The molecule has 0 aliphatic carbocycles. The van der Waals surface area contributed by atoms with Crippen molar-refractivity contribution in [2.45, 2.75) is 33.4 Å². The third kappa shape index (κ3) is 4.65. The SMILES string of the molecule is CC(C)(C)CC(=O)C(=O)C(F)(F)F. The number of carbonyl (C=O) groups excluding carboxylic acids is 2. The minimum Gasteiger partial charge on any atom is -0.290 e. The van der Waals surface area contributed by atoms with Crippen molar-refractivity contribution in [3.63, 3.8) is 0 Å². The summed E-state index contributed by atoms with van der Waals surface area (Å²) in [5.74, 6) is -3.64. The lowest BCUT2D eigenvalue weighted by molar-refractivity contribution is -0.174. The Bertz CT molecular complexity index is 223. The van der Waals surface area contributed by atoms with E-state index < -0.39 is 23.2 Å². The zero-order valence-electron chi connectivity index (χ0n) is 7.66. The first-order chi connectivity index (χ1) is 5.54. The summed E-state index contributed by atoms with van der Waals surface area (Å²) in [6.07, 6.45) is -5.42. The molecule has 0 aromatic heterocycles. The molecule has 0 aromatic carbocycles. The van der Waals surface area contributed by atoms with Gasteiger partial charge >= 0.3 is 12.0 Å². The molecule has 0 unspecified atom stereocenters. The van der Waals surface area contributed by atoms with Gasteiger partial charge in [-0.25, -0.2) is 0 Å². The van der Waals surface area contributed by atoms with Gasteiger partial charge in [-0.2, -0.15) is 13.2 Å². The maximum absolute atomic E-state index is 11.7. The van der Waals surface area contributed by atoms with E-state index in [4.69, 9.17) is 0 Å². The van der Waals surface area contributed by atoms with Crippen LogP contribution in [0.2, 0.25) is 0 Å². The Labute approximate surface area is 74.1 Å². The molecule has 0 saturated heterocycles. The second kappa shape index (κ2) is 3.47. The van der Waals surface area contributed by atoms with Crippen LogP contribution in [0.1, 0.15) is 27.2 Å². The second-order valence-electron chi connectivity index (χ2n) is 3.99. The van der Waals surface area contributed by atoms with Crippen molar-refractivity contribution < 1.29 is 22.8 Å². The summed E-state index contributed by atoms with van der Waals surface area (Å²) in [7, 11) is 0. The molecule has 0 radical (unpaired) electrons. The Balaban J connectivity index is 4.40. The highest BCUT2D eigenvalue weighted by Crippen LogP contribution is 2.23. The van der Waals surface area contributed by atoms with Gasteiger partial charge in [-0.15, -0.1) is 0 Å². The van der Waals surface area contributed by atoms with Crippen LogP contribution in [-0.2, 0) is 9.59 Å². The lowest BCUT2D eigenvalue weighted by Crippen LogP contribution is -2.32. The fourth-order valence-electron chi connectivity index (χ4n) is 0.720. The standard InChI is InChI=1S/C8H11F3O2/c1-7(2,3)4-5(12)6(13)8(9,10)11/h4H2,1-3H3. The van der Waals surface area contributed by atoms with E-state index >= 15 is 0 Å². The summed E-state index contributed by atoms with van der Waals surface area (Å²) >= 11 is 0. The Morgan fingerprint density at radius 1 is 1.08 bits per heavy atom. The van der Waals surface area contributed by atoms with Crippen molar-refractivity contribution in [3.8, 4) is 0 Å². The molecule has 0 N–H and O–H groups in total. The monoisotopic (exact) mass is 196 g/mol. The van der Waals surface area contributed by atoms with Gasteiger partial charge in [0.15, 0.2) is 0 Å². The first kappa shape index (κ1) is 12.1. The molecule has 0 aliphatic heterocycles. The molecular formula is C8H11F3O2. The van der Waals surface area contributed by atoms with Crippen LogP contribution in [0.25, 0.3) is 0 Å². The molecule has 0 atom stereocenters. The minimum absolute atomic E-state index is 0.384. The first-order valence-electron chi connectivity index (χ1n) is 3.68. The van der Waals surface area contributed by atoms with E-state index in [1.54, 1.807) is 20.8 Å². The van der Waals surface area contributed by atoms with E-state index in [0.29, 0.717) is 0 Å². The maximum Gasteiger partial charge on any atom is 0.458 e. The van der Waals surface area contributed by atoms with Gasteiger partial charge in [0, 0.05) is 6.42 Å². The van der Waals surface area contributed by atoms with Crippen LogP contribution < -0.4 is 0 Å². The molecule has 0 aliphatic rings.